The van der Waals surface area contributed by atoms with E-state index in [2.05, 4.69) is 25.9 Å². The number of thiophene rings is 1. The highest BCUT2D eigenvalue weighted by Gasteiger charge is 2.24. The molecule has 2 aromatic rings. The first kappa shape index (κ1) is 12.9. The molecular weight excluding hydrogens is 328 g/mol. The van der Waals surface area contributed by atoms with Gasteiger partial charge in [0.2, 0.25) is 5.88 Å². The Morgan fingerprint density at radius 2 is 2.11 bits per heavy atom. The molecule has 2 N–H and O–H groups in total. The van der Waals surface area contributed by atoms with Gasteiger partial charge in [0.1, 0.15) is 0 Å². The lowest BCUT2D eigenvalue weighted by molar-refractivity contribution is 0.436. The Morgan fingerprint density at radius 3 is 2.68 bits per heavy atom. The van der Waals surface area contributed by atoms with Crippen LogP contribution in [0, 0.1) is 0 Å². The summed E-state index contributed by atoms with van der Waals surface area (Å²) in [7, 11) is 0. The molecule has 2 heterocycles. The second-order valence-corrected chi connectivity index (χ2v) is 7.20. The summed E-state index contributed by atoms with van der Waals surface area (Å²) in [5.41, 5.74) is 0.246. The zero-order valence-electron chi connectivity index (χ0n) is 10.1. The Balaban J connectivity index is 2.04. The number of H-pyrrole nitrogens is 1. The zero-order valence-corrected chi connectivity index (χ0v) is 12.6. The summed E-state index contributed by atoms with van der Waals surface area (Å²) in [5.74, 6) is 0.468. The van der Waals surface area contributed by atoms with Crippen LogP contribution in [0.4, 0.5) is 0 Å². The van der Waals surface area contributed by atoms with Gasteiger partial charge in [-0.15, -0.1) is 11.3 Å². The number of nitrogens with zero attached hydrogens (tertiary/aromatic N) is 1. The number of hydrogen-bond acceptors (Lipinski definition) is 4. The third-order valence-electron chi connectivity index (χ3n) is 3.51. The summed E-state index contributed by atoms with van der Waals surface area (Å²) in [6, 6.07) is 3.75. The van der Waals surface area contributed by atoms with Gasteiger partial charge < -0.3 is 10.1 Å². The normalized spacial score (nSPS) is 16.1. The molecule has 1 fully saturated rings. The van der Waals surface area contributed by atoms with Crippen LogP contribution in [0.15, 0.2) is 20.7 Å². The first-order valence-corrected chi connectivity index (χ1v) is 7.85. The van der Waals surface area contributed by atoms with Crippen molar-refractivity contribution in [1.82, 2.24) is 9.97 Å². The molecule has 19 heavy (non-hydrogen) atoms. The van der Waals surface area contributed by atoms with E-state index in [0.29, 0.717) is 11.4 Å². The van der Waals surface area contributed by atoms with E-state index in [4.69, 9.17) is 0 Å². The molecule has 0 radical (unpaired) electrons. The predicted molar refractivity (Wildman–Crippen MR) is 78.7 cm³/mol. The summed E-state index contributed by atoms with van der Waals surface area (Å²) in [5, 5.41) is 10.1. The van der Waals surface area contributed by atoms with Crippen molar-refractivity contribution in [2.24, 2.45) is 0 Å². The van der Waals surface area contributed by atoms with E-state index < -0.39 is 0 Å². The van der Waals surface area contributed by atoms with Crippen LogP contribution in [0.1, 0.15) is 37.2 Å². The predicted octanol–water partition coefficient (Wildman–Crippen LogP) is 3.62. The minimum Gasteiger partial charge on any atom is -0.493 e. The largest absolute Gasteiger partial charge is 0.493 e. The van der Waals surface area contributed by atoms with Crippen LogP contribution in [0.3, 0.4) is 0 Å². The molecule has 0 unspecified atom stereocenters. The standard InChI is InChI=1S/C13H13BrN2O2S/c14-9-6-5-8(19-9)11-15-12(17)10(13(18)16-11)7-3-1-2-4-7/h5-7H,1-4H2,(H2,15,16,17,18). The second kappa shape index (κ2) is 5.09. The average molecular weight is 341 g/mol. The van der Waals surface area contributed by atoms with Gasteiger partial charge in [-0.25, -0.2) is 0 Å². The van der Waals surface area contributed by atoms with Gasteiger partial charge in [0.05, 0.1) is 14.2 Å². The van der Waals surface area contributed by atoms with Crippen molar-refractivity contribution in [2.45, 2.75) is 31.6 Å². The fraction of sp³-hybridized carbons (Fsp3) is 0.385. The third kappa shape index (κ3) is 2.47. The van der Waals surface area contributed by atoms with Crippen LogP contribution in [-0.2, 0) is 0 Å². The van der Waals surface area contributed by atoms with E-state index >= 15 is 0 Å². The highest BCUT2D eigenvalue weighted by molar-refractivity contribution is 9.11. The Bertz CT molecular complexity index is 659. The first-order chi connectivity index (χ1) is 9.15. The molecule has 0 atom stereocenters. The van der Waals surface area contributed by atoms with Crippen molar-refractivity contribution < 1.29 is 5.11 Å². The highest BCUT2D eigenvalue weighted by Crippen LogP contribution is 2.36. The lowest BCUT2D eigenvalue weighted by Gasteiger charge is -2.10. The number of hydrogen-bond donors (Lipinski definition) is 2. The molecule has 1 saturated carbocycles. The van der Waals surface area contributed by atoms with Crippen LogP contribution in [0.2, 0.25) is 0 Å². The van der Waals surface area contributed by atoms with E-state index in [1.165, 1.54) is 11.3 Å². The van der Waals surface area contributed by atoms with Crippen molar-refractivity contribution in [1.29, 1.82) is 0 Å². The summed E-state index contributed by atoms with van der Waals surface area (Å²) >= 11 is 4.84. The maximum atomic E-state index is 12.2. The lowest BCUT2D eigenvalue weighted by Crippen LogP contribution is -2.17. The molecule has 100 valence electrons. The third-order valence-corrected chi connectivity index (χ3v) is 5.14. The molecule has 0 aliphatic heterocycles. The minimum absolute atomic E-state index is 0.116. The van der Waals surface area contributed by atoms with Gasteiger partial charge in [-0.3, -0.25) is 4.79 Å². The number of aromatic nitrogens is 2. The fourth-order valence-corrected chi connectivity index (χ4v) is 3.94. The number of nitrogens with one attached hydrogen (secondary N) is 1. The monoisotopic (exact) mass is 340 g/mol. The smallest absolute Gasteiger partial charge is 0.258 e. The molecule has 3 rings (SSSR count). The molecule has 0 spiro atoms. The van der Waals surface area contributed by atoms with E-state index in [9.17, 15) is 9.90 Å². The summed E-state index contributed by atoms with van der Waals surface area (Å²) in [4.78, 5) is 19.9. The van der Waals surface area contributed by atoms with E-state index in [1.807, 2.05) is 12.1 Å². The fourth-order valence-electron chi connectivity index (χ4n) is 2.61. The van der Waals surface area contributed by atoms with Crippen LogP contribution in [-0.4, -0.2) is 15.1 Å². The molecule has 0 aromatic carbocycles. The van der Waals surface area contributed by atoms with Crippen molar-refractivity contribution in [3.8, 4) is 16.6 Å². The molecular formula is C13H13BrN2O2S. The Morgan fingerprint density at radius 1 is 1.37 bits per heavy atom. The Kier molecular flexibility index (Phi) is 3.45. The van der Waals surface area contributed by atoms with Crippen LogP contribution in [0.25, 0.3) is 10.7 Å². The Hall–Kier alpha value is -1.14. The molecule has 0 amide bonds. The van der Waals surface area contributed by atoms with E-state index in [0.717, 1.165) is 34.3 Å². The van der Waals surface area contributed by atoms with E-state index in [-0.39, 0.29) is 17.4 Å². The molecule has 4 nitrogen and oxygen atoms in total. The van der Waals surface area contributed by atoms with Crippen LogP contribution >= 0.6 is 27.3 Å². The number of aromatic amines is 1. The summed E-state index contributed by atoms with van der Waals surface area (Å²) in [6.45, 7) is 0. The number of rotatable bonds is 2. The van der Waals surface area contributed by atoms with Gasteiger partial charge in [-0.2, -0.15) is 4.98 Å². The molecule has 1 aliphatic carbocycles. The Labute approximate surface area is 122 Å². The summed E-state index contributed by atoms with van der Waals surface area (Å²) in [6.07, 6.45) is 4.15. The van der Waals surface area contributed by atoms with Gasteiger partial charge in [0.15, 0.2) is 5.82 Å². The lowest BCUT2D eigenvalue weighted by atomic mass is 10.00. The zero-order chi connectivity index (χ0) is 13.4. The number of halogens is 1. The molecule has 0 saturated heterocycles. The van der Waals surface area contributed by atoms with Crippen LogP contribution < -0.4 is 5.56 Å². The average Bonchev–Trinajstić information content (AvgIpc) is 2.99. The quantitative estimate of drug-likeness (QED) is 0.877. The minimum atomic E-state index is -0.209. The van der Waals surface area contributed by atoms with Crippen molar-refractivity contribution >= 4 is 27.3 Å². The van der Waals surface area contributed by atoms with Crippen molar-refractivity contribution in [3.05, 3.63) is 31.8 Å². The number of aromatic hydroxyl groups is 1. The van der Waals surface area contributed by atoms with Gasteiger partial charge in [0, 0.05) is 0 Å². The molecule has 6 heteroatoms. The molecule has 1 aliphatic rings. The summed E-state index contributed by atoms with van der Waals surface area (Å²) < 4.78 is 0.963. The second-order valence-electron chi connectivity index (χ2n) is 4.74. The van der Waals surface area contributed by atoms with Gasteiger partial charge in [-0.1, -0.05) is 12.8 Å². The van der Waals surface area contributed by atoms with E-state index in [1.54, 1.807) is 0 Å². The van der Waals surface area contributed by atoms with Crippen molar-refractivity contribution in [2.75, 3.05) is 0 Å². The maximum absolute atomic E-state index is 12.2. The first-order valence-electron chi connectivity index (χ1n) is 6.24. The van der Waals surface area contributed by atoms with Crippen molar-refractivity contribution in [3.63, 3.8) is 0 Å². The van der Waals surface area contributed by atoms with Gasteiger partial charge in [-0.05, 0) is 46.8 Å². The molecule has 0 bridgehead atoms. The van der Waals surface area contributed by atoms with Crippen LogP contribution in [0.5, 0.6) is 5.88 Å². The SMILES string of the molecule is O=c1[nH]c(-c2ccc(Br)s2)nc(O)c1C1CCCC1. The molecule has 2 aromatic heterocycles. The van der Waals surface area contributed by atoms with Gasteiger partial charge >= 0.3 is 0 Å². The topological polar surface area (TPSA) is 66.0 Å². The highest BCUT2D eigenvalue weighted by atomic mass is 79.9. The maximum Gasteiger partial charge on any atom is 0.258 e. The van der Waals surface area contributed by atoms with Gasteiger partial charge in [0.25, 0.3) is 5.56 Å².